The number of hydrogen-bond donors (Lipinski definition) is 2. The second-order valence-electron chi connectivity index (χ2n) is 5.05. The number of nitrogens with one attached hydrogen (secondary N) is 2. The number of carbonyl (C=O) groups is 1. The minimum Gasteiger partial charge on any atom is -0.362 e. The quantitative estimate of drug-likeness (QED) is 0.702. The SMILES string of the molecule is CC(C)CNC(=S)N1CCNC(=O)C1(C)C. The van der Waals surface area contributed by atoms with E-state index in [2.05, 4.69) is 24.5 Å². The van der Waals surface area contributed by atoms with Gasteiger partial charge in [0.1, 0.15) is 5.54 Å². The van der Waals surface area contributed by atoms with Crippen molar-refractivity contribution in [2.75, 3.05) is 19.6 Å². The molecule has 0 spiro atoms. The van der Waals surface area contributed by atoms with Crippen LogP contribution in [0, 0.1) is 5.92 Å². The zero-order valence-corrected chi connectivity index (χ0v) is 11.3. The van der Waals surface area contributed by atoms with Gasteiger partial charge < -0.3 is 15.5 Å². The number of piperazine rings is 1. The first-order valence-electron chi connectivity index (χ1n) is 5.69. The van der Waals surface area contributed by atoms with Crippen molar-refractivity contribution in [2.24, 2.45) is 5.92 Å². The zero-order valence-electron chi connectivity index (χ0n) is 10.5. The zero-order chi connectivity index (χ0) is 12.3. The molecular formula is C11H21N3OS. The Balaban J connectivity index is 2.63. The predicted octanol–water partition coefficient (Wildman–Crippen LogP) is 0.727. The number of carbonyl (C=O) groups excluding carboxylic acids is 1. The summed E-state index contributed by atoms with van der Waals surface area (Å²) in [6, 6.07) is 0. The normalized spacial score (nSPS) is 19.6. The lowest BCUT2D eigenvalue weighted by atomic mass is 10.00. The summed E-state index contributed by atoms with van der Waals surface area (Å²) in [5, 5.41) is 6.73. The Hall–Kier alpha value is -0.840. The second kappa shape index (κ2) is 4.99. The van der Waals surface area contributed by atoms with E-state index in [1.54, 1.807) is 0 Å². The lowest BCUT2D eigenvalue weighted by Crippen LogP contribution is -2.65. The van der Waals surface area contributed by atoms with Crippen molar-refractivity contribution in [1.82, 2.24) is 15.5 Å². The van der Waals surface area contributed by atoms with Gasteiger partial charge in [-0.25, -0.2) is 0 Å². The van der Waals surface area contributed by atoms with E-state index >= 15 is 0 Å². The molecule has 0 aliphatic carbocycles. The van der Waals surface area contributed by atoms with E-state index in [0.717, 1.165) is 13.1 Å². The van der Waals surface area contributed by atoms with Gasteiger partial charge in [0.15, 0.2) is 5.11 Å². The lowest BCUT2D eigenvalue weighted by Gasteiger charge is -2.42. The maximum Gasteiger partial charge on any atom is 0.245 e. The molecule has 1 fully saturated rings. The Bertz CT molecular complexity index is 289. The molecule has 0 aromatic heterocycles. The lowest BCUT2D eigenvalue weighted by molar-refractivity contribution is -0.132. The molecule has 16 heavy (non-hydrogen) atoms. The summed E-state index contributed by atoms with van der Waals surface area (Å²) >= 11 is 5.33. The molecule has 0 unspecified atom stereocenters. The molecule has 0 atom stereocenters. The van der Waals surface area contributed by atoms with Gasteiger partial charge in [0.25, 0.3) is 0 Å². The standard InChI is InChI=1S/C11H21N3OS/c1-8(2)7-13-10(16)14-6-5-12-9(15)11(14,3)4/h8H,5-7H2,1-4H3,(H,12,15)(H,13,16). The third-order valence-electron chi connectivity index (χ3n) is 2.76. The highest BCUT2D eigenvalue weighted by atomic mass is 32.1. The molecule has 2 N–H and O–H groups in total. The van der Waals surface area contributed by atoms with E-state index in [1.165, 1.54) is 0 Å². The Morgan fingerprint density at radius 3 is 2.81 bits per heavy atom. The Morgan fingerprint density at radius 1 is 1.62 bits per heavy atom. The van der Waals surface area contributed by atoms with Crippen LogP contribution in [0.3, 0.4) is 0 Å². The highest BCUT2D eigenvalue weighted by Gasteiger charge is 2.38. The van der Waals surface area contributed by atoms with Gasteiger partial charge in [-0.3, -0.25) is 4.79 Å². The summed E-state index contributed by atoms with van der Waals surface area (Å²) in [6.45, 7) is 10.3. The summed E-state index contributed by atoms with van der Waals surface area (Å²) in [6.07, 6.45) is 0. The highest BCUT2D eigenvalue weighted by Crippen LogP contribution is 2.17. The van der Waals surface area contributed by atoms with Crippen LogP contribution < -0.4 is 10.6 Å². The Kier molecular flexibility index (Phi) is 4.13. The fraction of sp³-hybridized carbons (Fsp3) is 0.818. The fourth-order valence-corrected chi connectivity index (χ4v) is 2.04. The third-order valence-corrected chi connectivity index (χ3v) is 3.12. The number of amides is 1. The van der Waals surface area contributed by atoms with E-state index in [0.29, 0.717) is 17.6 Å². The molecule has 1 aliphatic heterocycles. The molecule has 1 saturated heterocycles. The first-order valence-corrected chi connectivity index (χ1v) is 6.10. The van der Waals surface area contributed by atoms with E-state index < -0.39 is 5.54 Å². The van der Waals surface area contributed by atoms with Crippen molar-refractivity contribution >= 4 is 23.2 Å². The van der Waals surface area contributed by atoms with E-state index in [9.17, 15) is 4.79 Å². The van der Waals surface area contributed by atoms with Crippen LogP contribution in [-0.4, -0.2) is 41.1 Å². The molecule has 0 radical (unpaired) electrons. The molecule has 0 aromatic carbocycles. The van der Waals surface area contributed by atoms with Crippen LogP contribution in [-0.2, 0) is 4.79 Å². The van der Waals surface area contributed by atoms with Crippen LogP contribution in [0.2, 0.25) is 0 Å². The first-order chi connectivity index (χ1) is 7.35. The molecule has 0 saturated carbocycles. The summed E-state index contributed by atoms with van der Waals surface area (Å²) in [4.78, 5) is 13.7. The topological polar surface area (TPSA) is 44.4 Å². The van der Waals surface area contributed by atoms with E-state index in [1.807, 2.05) is 18.7 Å². The predicted molar refractivity (Wildman–Crippen MR) is 69.2 cm³/mol. The average molecular weight is 243 g/mol. The molecule has 1 heterocycles. The van der Waals surface area contributed by atoms with Crippen LogP contribution in [0.1, 0.15) is 27.7 Å². The third kappa shape index (κ3) is 2.84. The van der Waals surface area contributed by atoms with Gasteiger partial charge in [0.2, 0.25) is 5.91 Å². The Morgan fingerprint density at radius 2 is 2.25 bits per heavy atom. The van der Waals surface area contributed by atoms with Gasteiger partial charge in [-0.15, -0.1) is 0 Å². The molecule has 4 nitrogen and oxygen atoms in total. The molecule has 0 bridgehead atoms. The van der Waals surface area contributed by atoms with E-state index in [4.69, 9.17) is 12.2 Å². The van der Waals surface area contributed by atoms with Gasteiger partial charge in [-0.2, -0.15) is 0 Å². The van der Waals surface area contributed by atoms with E-state index in [-0.39, 0.29) is 5.91 Å². The minimum atomic E-state index is -0.556. The number of nitrogens with zero attached hydrogens (tertiary/aromatic N) is 1. The van der Waals surface area contributed by atoms with Crippen LogP contribution in [0.4, 0.5) is 0 Å². The number of rotatable bonds is 2. The molecule has 1 amide bonds. The second-order valence-corrected chi connectivity index (χ2v) is 5.43. The summed E-state index contributed by atoms with van der Waals surface area (Å²) in [5.74, 6) is 0.576. The van der Waals surface area contributed by atoms with Crippen molar-refractivity contribution in [3.63, 3.8) is 0 Å². The Labute approximate surface area is 103 Å². The highest BCUT2D eigenvalue weighted by molar-refractivity contribution is 7.80. The minimum absolute atomic E-state index is 0.0347. The fourth-order valence-electron chi connectivity index (χ4n) is 1.64. The number of thiocarbonyl (C=S) groups is 1. The first kappa shape index (κ1) is 13.2. The monoisotopic (exact) mass is 243 g/mol. The van der Waals surface area contributed by atoms with Gasteiger partial charge in [0, 0.05) is 19.6 Å². The van der Waals surface area contributed by atoms with Gasteiger partial charge in [0.05, 0.1) is 0 Å². The molecule has 92 valence electrons. The number of hydrogen-bond acceptors (Lipinski definition) is 2. The smallest absolute Gasteiger partial charge is 0.245 e. The molecular weight excluding hydrogens is 222 g/mol. The summed E-state index contributed by atoms with van der Waals surface area (Å²) in [7, 11) is 0. The van der Waals surface area contributed by atoms with Gasteiger partial charge in [-0.05, 0) is 32.0 Å². The van der Waals surface area contributed by atoms with Crippen LogP contribution >= 0.6 is 12.2 Å². The summed E-state index contributed by atoms with van der Waals surface area (Å²) < 4.78 is 0. The van der Waals surface area contributed by atoms with Crippen LogP contribution in [0.25, 0.3) is 0 Å². The molecule has 5 heteroatoms. The van der Waals surface area contributed by atoms with Crippen molar-refractivity contribution in [1.29, 1.82) is 0 Å². The van der Waals surface area contributed by atoms with Crippen LogP contribution in [0.15, 0.2) is 0 Å². The maximum absolute atomic E-state index is 11.7. The van der Waals surface area contributed by atoms with Crippen molar-refractivity contribution in [3.05, 3.63) is 0 Å². The molecule has 1 rings (SSSR count). The van der Waals surface area contributed by atoms with Crippen molar-refractivity contribution in [2.45, 2.75) is 33.2 Å². The van der Waals surface area contributed by atoms with Crippen LogP contribution in [0.5, 0.6) is 0 Å². The maximum atomic E-state index is 11.7. The van der Waals surface area contributed by atoms with Crippen molar-refractivity contribution in [3.8, 4) is 0 Å². The molecule has 0 aromatic rings. The van der Waals surface area contributed by atoms with Crippen molar-refractivity contribution < 1.29 is 4.79 Å². The molecule has 1 aliphatic rings. The summed E-state index contributed by atoms with van der Waals surface area (Å²) in [5.41, 5.74) is -0.556. The van der Waals surface area contributed by atoms with Gasteiger partial charge >= 0.3 is 0 Å². The average Bonchev–Trinajstić information content (AvgIpc) is 2.18. The van der Waals surface area contributed by atoms with Gasteiger partial charge in [-0.1, -0.05) is 13.8 Å². The largest absolute Gasteiger partial charge is 0.362 e.